The lowest BCUT2D eigenvalue weighted by Crippen LogP contribution is -2.45. The third-order valence-electron chi connectivity index (χ3n) is 4.94. The topological polar surface area (TPSA) is 70.2 Å². The van der Waals surface area contributed by atoms with Crippen LogP contribution in [-0.4, -0.2) is 24.9 Å². The summed E-state index contributed by atoms with van der Waals surface area (Å²) in [5.41, 5.74) is 1.92. The molecule has 0 atom stereocenters. The molecule has 6 heteroatoms. The summed E-state index contributed by atoms with van der Waals surface area (Å²) in [6.45, 7) is 6.77. The Morgan fingerprint density at radius 1 is 1.00 bits per heavy atom. The number of amides is 2. The SMILES string of the molecule is CCNC(=O)c1cccc(NC(=O)CNC(CC)(CC)c2ccc(Cl)cc2)c1. The molecule has 150 valence electrons. The Bertz CT molecular complexity index is 802. The lowest BCUT2D eigenvalue weighted by Gasteiger charge is -2.33. The van der Waals surface area contributed by atoms with Crippen molar-refractivity contribution < 1.29 is 9.59 Å². The van der Waals surface area contributed by atoms with Crippen LogP contribution in [0.3, 0.4) is 0 Å². The summed E-state index contributed by atoms with van der Waals surface area (Å²) in [4.78, 5) is 24.4. The first-order valence-corrected chi connectivity index (χ1v) is 10.0. The van der Waals surface area contributed by atoms with E-state index in [2.05, 4.69) is 29.8 Å². The van der Waals surface area contributed by atoms with Crippen LogP contribution in [0.1, 0.15) is 49.5 Å². The van der Waals surface area contributed by atoms with E-state index in [1.54, 1.807) is 24.3 Å². The molecule has 0 heterocycles. The Labute approximate surface area is 171 Å². The molecule has 0 aliphatic rings. The zero-order valence-electron chi connectivity index (χ0n) is 16.6. The standard InChI is InChI=1S/C22H28ClN3O2/c1-4-22(5-2,17-10-12-18(23)13-11-17)25-15-20(27)26-19-9-7-8-16(14-19)21(28)24-6-3/h7-14,25H,4-6,15H2,1-3H3,(H,24,28)(H,26,27). The number of carbonyl (C=O) groups is 2. The number of anilines is 1. The van der Waals surface area contributed by atoms with Gasteiger partial charge < -0.3 is 10.6 Å². The smallest absolute Gasteiger partial charge is 0.251 e. The number of rotatable bonds is 9. The first-order chi connectivity index (χ1) is 13.4. The van der Waals surface area contributed by atoms with Gasteiger partial charge in [-0.2, -0.15) is 0 Å². The number of halogens is 1. The van der Waals surface area contributed by atoms with Gasteiger partial charge in [0, 0.05) is 28.4 Å². The zero-order valence-corrected chi connectivity index (χ0v) is 17.4. The van der Waals surface area contributed by atoms with Gasteiger partial charge in [0.15, 0.2) is 0 Å². The summed E-state index contributed by atoms with van der Waals surface area (Å²) in [5, 5.41) is 9.71. The zero-order chi connectivity index (χ0) is 20.6. The molecule has 2 aromatic rings. The molecule has 2 aromatic carbocycles. The van der Waals surface area contributed by atoms with Gasteiger partial charge in [0.2, 0.25) is 5.91 Å². The van der Waals surface area contributed by atoms with E-state index >= 15 is 0 Å². The number of hydrogen-bond acceptors (Lipinski definition) is 3. The van der Waals surface area contributed by atoms with Crippen molar-refractivity contribution in [3.05, 3.63) is 64.7 Å². The van der Waals surface area contributed by atoms with Gasteiger partial charge in [0.1, 0.15) is 0 Å². The van der Waals surface area contributed by atoms with Crippen molar-refractivity contribution in [2.45, 2.75) is 39.2 Å². The van der Waals surface area contributed by atoms with Crippen molar-refractivity contribution in [3.8, 4) is 0 Å². The van der Waals surface area contributed by atoms with Crippen molar-refractivity contribution in [1.82, 2.24) is 10.6 Å². The van der Waals surface area contributed by atoms with Gasteiger partial charge in [-0.1, -0.05) is 43.6 Å². The predicted molar refractivity (Wildman–Crippen MR) is 115 cm³/mol. The molecule has 2 amide bonds. The molecule has 0 aliphatic carbocycles. The van der Waals surface area contributed by atoms with Crippen LogP contribution in [0.15, 0.2) is 48.5 Å². The van der Waals surface area contributed by atoms with Gasteiger partial charge in [0.25, 0.3) is 5.91 Å². The maximum Gasteiger partial charge on any atom is 0.251 e. The third-order valence-corrected chi connectivity index (χ3v) is 5.19. The molecule has 0 aromatic heterocycles. The first-order valence-electron chi connectivity index (χ1n) is 9.63. The Kier molecular flexibility index (Phi) is 8.03. The van der Waals surface area contributed by atoms with E-state index in [0.717, 1.165) is 18.4 Å². The molecular formula is C22H28ClN3O2. The van der Waals surface area contributed by atoms with Gasteiger partial charge in [-0.15, -0.1) is 0 Å². The monoisotopic (exact) mass is 401 g/mol. The summed E-state index contributed by atoms with van der Waals surface area (Å²) in [6, 6.07) is 14.6. The minimum absolute atomic E-state index is 0.157. The Balaban J connectivity index is 2.04. The van der Waals surface area contributed by atoms with Crippen molar-refractivity contribution in [2.75, 3.05) is 18.4 Å². The Morgan fingerprint density at radius 3 is 2.29 bits per heavy atom. The van der Waals surface area contributed by atoms with Crippen LogP contribution in [0.4, 0.5) is 5.69 Å². The quantitative estimate of drug-likeness (QED) is 0.585. The van der Waals surface area contributed by atoms with E-state index in [0.29, 0.717) is 22.8 Å². The highest BCUT2D eigenvalue weighted by molar-refractivity contribution is 6.30. The van der Waals surface area contributed by atoms with Gasteiger partial charge in [-0.25, -0.2) is 0 Å². The fourth-order valence-electron chi connectivity index (χ4n) is 3.23. The maximum atomic E-state index is 12.5. The normalized spacial score (nSPS) is 11.1. The molecule has 0 spiro atoms. The Morgan fingerprint density at radius 2 is 1.68 bits per heavy atom. The highest BCUT2D eigenvalue weighted by Gasteiger charge is 2.28. The average Bonchev–Trinajstić information content (AvgIpc) is 2.70. The van der Waals surface area contributed by atoms with E-state index in [4.69, 9.17) is 11.6 Å². The highest BCUT2D eigenvalue weighted by Crippen LogP contribution is 2.29. The minimum Gasteiger partial charge on any atom is -0.352 e. The van der Waals surface area contributed by atoms with E-state index in [-0.39, 0.29) is 23.9 Å². The second-order valence-electron chi connectivity index (χ2n) is 6.64. The van der Waals surface area contributed by atoms with Crippen LogP contribution in [0.25, 0.3) is 0 Å². The van der Waals surface area contributed by atoms with E-state index in [9.17, 15) is 9.59 Å². The third kappa shape index (κ3) is 5.57. The largest absolute Gasteiger partial charge is 0.352 e. The highest BCUT2D eigenvalue weighted by atomic mass is 35.5. The number of benzene rings is 2. The second kappa shape index (κ2) is 10.2. The number of hydrogen-bond donors (Lipinski definition) is 3. The van der Waals surface area contributed by atoms with Gasteiger partial charge >= 0.3 is 0 Å². The number of nitrogens with one attached hydrogen (secondary N) is 3. The van der Waals surface area contributed by atoms with Crippen LogP contribution in [-0.2, 0) is 10.3 Å². The molecule has 0 saturated heterocycles. The fraction of sp³-hybridized carbons (Fsp3) is 0.364. The number of carbonyl (C=O) groups excluding carboxylic acids is 2. The van der Waals surface area contributed by atoms with E-state index in [1.165, 1.54) is 0 Å². The molecule has 2 rings (SSSR count). The van der Waals surface area contributed by atoms with Crippen molar-refractivity contribution >= 4 is 29.1 Å². The molecule has 5 nitrogen and oxygen atoms in total. The molecular weight excluding hydrogens is 374 g/mol. The van der Waals surface area contributed by atoms with Crippen LogP contribution in [0.5, 0.6) is 0 Å². The predicted octanol–water partition coefficient (Wildman–Crippen LogP) is 4.33. The van der Waals surface area contributed by atoms with Crippen LogP contribution in [0.2, 0.25) is 5.02 Å². The van der Waals surface area contributed by atoms with Gasteiger partial charge in [-0.3, -0.25) is 14.9 Å². The maximum absolute atomic E-state index is 12.5. The van der Waals surface area contributed by atoms with Crippen LogP contribution >= 0.6 is 11.6 Å². The first kappa shape index (κ1) is 21.9. The van der Waals surface area contributed by atoms with Gasteiger partial charge in [0.05, 0.1) is 6.54 Å². The molecule has 0 aliphatic heterocycles. The summed E-state index contributed by atoms with van der Waals surface area (Å²) < 4.78 is 0. The average molecular weight is 402 g/mol. The second-order valence-corrected chi connectivity index (χ2v) is 7.07. The summed E-state index contributed by atoms with van der Waals surface area (Å²) in [7, 11) is 0. The molecule has 0 unspecified atom stereocenters. The molecule has 0 saturated carbocycles. The molecule has 0 bridgehead atoms. The van der Waals surface area contributed by atoms with Crippen molar-refractivity contribution in [2.24, 2.45) is 0 Å². The van der Waals surface area contributed by atoms with Crippen LogP contribution < -0.4 is 16.0 Å². The molecule has 0 radical (unpaired) electrons. The fourth-order valence-corrected chi connectivity index (χ4v) is 3.36. The lowest BCUT2D eigenvalue weighted by atomic mass is 9.84. The molecule has 0 fully saturated rings. The van der Waals surface area contributed by atoms with Crippen LogP contribution in [0, 0.1) is 0 Å². The van der Waals surface area contributed by atoms with Crippen molar-refractivity contribution in [1.29, 1.82) is 0 Å². The summed E-state index contributed by atoms with van der Waals surface area (Å²) in [5.74, 6) is -0.316. The summed E-state index contributed by atoms with van der Waals surface area (Å²) >= 11 is 6.01. The summed E-state index contributed by atoms with van der Waals surface area (Å²) in [6.07, 6.45) is 1.68. The molecule has 28 heavy (non-hydrogen) atoms. The van der Waals surface area contributed by atoms with Crippen molar-refractivity contribution in [3.63, 3.8) is 0 Å². The lowest BCUT2D eigenvalue weighted by molar-refractivity contribution is -0.115. The van der Waals surface area contributed by atoms with E-state index < -0.39 is 0 Å². The molecule has 3 N–H and O–H groups in total. The van der Waals surface area contributed by atoms with E-state index in [1.807, 2.05) is 31.2 Å². The minimum atomic E-state index is -0.301. The Hall–Kier alpha value is -2.37. The van der Waals surface area contributed by atoms with Gasteiger partial charge in [-0.05, 0) is 55.7 Å².